The van der Waals surface area contributed by atoms with Crippen LogP contribution in [0.3, 0.4) is 0 Å². The molecule has 1 aliphatic heterocycles. The van der Waals surface area contributed by atoms with Gasteiger partial charge in [-0.3, -0.25) is 9.18 Å². The van der Waals surface area contributed by atoms with Gasteiger partial charge in [-0.05, 0) is 31.2 Å². The van der Waals surface area contributed by atoms with Crippen LogP contribution in [0.15, 0.2) is 36.4 Å². The highest BCUT2D eigenvalue weighted by molar-refractivity contribution is 6.01. The average Bonchev–Trinajstić information content (AvgIpc) is 2.74. The number of aryl methyl sites for hydroxylation is 1. The van der Waals surface area contributed by atoms with Gasteiger partial charge in [0.05, 0.1) is 25.0 Å². The minimum absolute atomic E-state index is 0.0260. The first-order chi connectivity index (χ1) is 14.5. The van der Waals surface area contributed by atoms with Crippen molar-refractivity contribution in [2.24, 2.45) is 0 Å². The summed E-state index contributed by atoms with van der Waals surface area (Å²) in [5, 5.41) is 14.7. The number of likely N-dealkylation sites (tertiary alicyclic amines) is 1. The average molecular weight is 425 g/mol. The molecule has 1 heterocycles. The maximum absolute atomic E-state index is 14.4. The molecule has 1 fully saturated rings. The van der Waals surface area contributed by atoms with E-state index in [9.17, 15) is 18.0 Å². The lowest BCUT2D eigenvalue weighted by atomic mass is 10.0. The molecular weight excluding hydrogens is 395 g/mol. The zero-order valence-electron chi connectivity index (χ0n) is 17.8. The van der Waals surface area contributed by atoms with E-state index in [0.29, 0.717) is 32.5 Å². The quantitative estimate of drug-likeness (QED) is 0.654. The highest BCUT2D eigenvalue weighted by atomic mass is 19.2. The van der Waals surface area contributed by atoms with E-state index in [2.05, 4.69) is 10.6 Å². The van der Waals surface area contributed by atoms with Crippen molar-refractivity contribution in [2.45, 2.75) is 26.8 Å². The summed E-state index contributed by atoms with van der Waals surface area (Å²) >= 11 is 0. The minimum Gasteiger partial charge on any atom is -0.395 e. The Hall–Kier alpha value is -2.58. The first-order valence-electron chi connectivity index (χ1n) is 9.82. The molecule has 0 atom stereocenters. The van der Waals surface area contributed by atoms with Crippen molar-refractivity contribution in [2.75, 3.05) is 38.7 Å². The molecule has 0 unspecified atom stereocenters. The second kappa shape index (κ2) is 12.9. The predicted molar refractivity (Wildman–Crippen MR) is 114 cm³/mol. The fourth-order valence-electron chi connectivity index (χ4n) is 2.84. The van der Waals surface area contributed by atoms with Crippen LogP contribution in [-0.2, 0) is 0 Å². The van der Waals surface area contributed by atoms with Gasteiger partial charge in [0.25, 0.3) is 5.91 Å². The Bertz CT molecular complexity index is 795. The van der Waals surface area contributed by atoms with Gasteiger partial charge in [0.1, 0.15) is 0 Å². The topological polar surface area (TPSA) is 64.6 Å². The van der Waals surface area contributed by atoms with Gasteiger partial charge >= 0.3 is 0 Å². The molecule has 5 nitrogen and oxygen atoms in total. The molecule has 0 saturated carbocycles. The summed E-state index contributed by atoms with van der Waals surface area (Å²) in [7, 11) is 0.500. The zero-order chi connectivity index (χ0) is 22.7. The molecular formula is C22H30F3N3O2. The summed E-state index contributed by atoms with van der Waals surface area (Å²) in [6.07, 6.45) is 0. The van der Waals surface area contributed by atoms with Crippen LogP contribution in [0.25, 0.3) is 0 Å². The van der Waals surface area contributed by atoms with Gasteiger partial charge in [-0.15, -0.1) is 0 Å². The van der Waals surface area contributed by atoms with Crippen molar-refractivity contribution in [1.29, 1.82) is 0 Å². The normalized spacial score (nSPS) is 12.7. The summed E-state index contributed by atoms with van der Waals surface area (Å²) in [6.45, 7) is 7.33. The van der Waals surface area contributed by atoms with E-state index in [1.807, 2.05) is 32.9 Å². The van der Waals surface area contributed by atoms with Crippen molar-refractivity contribution in [1.82, 2.24) is 10.2 Å². The molecule has 3 rings (SSSR count). The number of nitrogens with one attached hydrogen (secondary N) is 2. The molecule has 1 aliphatic rings. The van der Waals surface area contributed by atoms with Crippen molar-refractivity contribution >= 4 is 17.3 Å². The molecule has 0 radical (unpaired) electrons. The summed E-state index contributed by atoms with van der Waals surface area (Å²) in [6, 6.07) is 9.53. The van der Waals surface area contributed by atoms with E-state index >= 15 is 0 Å². The van der Waals surface area contributed by atoms with Crippen LogP contribution in [0, 0.1) is 18.6 Å². The molecule has 0 bridgehead atoms. The molecule has 0 aromatic heterocycles. The number of benzene rings is 2. The fraction of sp³-hybridized carbons (Fsp3) is 0.409. The Morgan fingerprint density at radius 3 is 2.27 bits per heavy atom. The maximum atomic E-state index is 14.4. The number of rotatable bonds is 6. The number of nitrogens with zero attached hydrogens (tertiary/aromatic N) is 1. The minimum atomic E-state index is -1.08. The molecule has 8 heteroatoms. The number of hydrogen-bond donors (Lipinski definition) is 3. The number of alkyl halides is 1. The van der Waals surface area contributed by atoms with E-state index in [1.165, 1.54) is 6.07 Å². The monoisotopic (exact) mass is 425 g/mol. The van der Waals surface area contributed by atoms with Crippen molar-refractivity contribution in [3.63, 3.8) is 0 Å². The number of amides is 1. The van der Waals surface area contributed by atoms with E-state index in [1.54, 1.807) is 17.0 Å². The van der Waals surface area contributed by atoms with Crippen molar-refractivity contribution < 1.29 is 23.1 Å². The molecule has 30 heavy (non-hydrogen) atoms. The third-order valence-electron chi connectivity index (χ3n) is 4.36. The smallest absolute Gasteiger partial charge is 0.256 e. The van der Waals surface area contributed by atoms with Gasteiger partial charge in [0, 0.05) is 31.4 Å². The van der Waals surface area contributed by atoms with Gasteiger partial charge in [-0.25, -0.2) is 8.78 Å². The number of aliphatic hydroxyl groups is 1. The molecule has 2 aromatic carbocycles. The predicted octanol–water partition coefficient (Wildman–Crippen LogP) is 4.04. The molecule has 166 valence electrons. The maximum Gasteiger partial charge on any atom is 0.256 e. The standard InChI is InChI=1S/C19H21F2N3O2.C2H6.CH3F/c1-12-2-4-13(5-3-12)23-18-15(6-7-16(20)17(18)21)19(26)24-10-14(11-24)22-8-9-25;2*1-2/h2-7,14,22-23,25H,8-11H2,1H3;1-2H3;1H3. The molecule has 0 spiro atoms. The van der Waals surface area contributed by atoms with E-state index in [0.717, 1.165) is 11.6 Å². The number of anilines is 2. The van der Waals surface area contributed by atoms with Crippen LogP contribution in [0.5, 0.6) is 0 Å². The Labute approximate surface area is 175 Å². The fourth-order valence-corrected chi connectivity index (χ4v) is 2.84. The SMILES string of the molecule is CC.CF.Cc1ccc(Nc2c(C(=O)N3CC(NCCO)C3)ccc(F)c2F)cc1. The molecule has 1 saturated heterocycles. The van der Waals surface area contributed by atoms with Crippen LogP contribution in [0.2, 0.25) is 0 Å². The summed E-state index contributed by atoms with van der Waals surface area (Å²) in [5.41, 5.74) is 1.53. The highest BCUT2D eigenvalue weighted by Crippen LogP contribution is 2.28. The lowest BCUT2D eigenvalue weighted by Crippen LogP contribution is -2.60. The second-order valence-electron chi connectivity index (χ2n) is 6.36. The van der Waals surface area contributed by atoms with Gasteiger partial charge in [-0.1, -0.05) is 31.5 Å². The van der Waals surface area contributed by atoms with Crippen LogP contribution in [0.1, 0.15) is 29.8 Å². The van der Waals surface area contributed by atoms with E-state index in [4.69, 9.17) is 5.11 Å². The van der Waals surface area contributed by atoms with Crippen LogP contribution in [0.4, 0.5) is 24.5 Å². The van der Waals surface area contributed by atoms with Crippen LogP contribution < -0.4 is 10.6 Å². The van der Waals surface area contributed by atoms with E-state index in [-0.39, 0.29) is 29.8 Å². The molecule has 1 amide bonds. The summed E-state index contributed by atoms with van der Waals surface area (Å²) in [5.74, 6) is -2.45. The zero-order valence-corrected chi connectivity index (χ0v) is 17.8. The Morgan fingerprint density at radius 1 is 1.10 bits per heavy atom. The number of carbonyl (C=O) groups excluding carboxylic acids is 1. The number of halogens is 3. The number of aliphatic hydroxyl groups excluding tert-OH is 1. The Balaban J connectivity index is 0.00000106. The largest absolute Gasteiger partial charge is 0.395 e. The molecule has 0 aliphatic carbocycles. The second-order valence-corrected chi connectivity index (χ2v) is 6.36. The summed E-state index contributed by atoms with van der Waals surface area (Å²) < 4.78 is 37.6. The third-order valence-corrected chi connectivity index (χ3v) is 4.36. The third kappa shape index (κ3) is 6.47. The van der Waals surface area contributed by atoms with Gasteiger partial charge < -0.3 is 20.6 Å². The lowest BCUT2D eigenvalue weighted by Gasteiger charge is -2.40. The van der Waals surface area contributed by atoms with E-state index < -0.39 is 11.6 Å². The number of hydrogen-bond acceptors (Lipinski definition) is 4. The molecule has 3 N–H and O–H groups in total. The van der Waals surface area contributed by atoms with Crippen molar-refractivity contribution in [3.05, 3.63) is 59.2 Å². The number of carbonyl (C=O) groups is 1. The van der Waals surface area contributed by atoms with Gasteiger partial charge in [0.2, 0.25) is 0 Å². The Kier molecular flexibility index (Phi) is 10.9. The Morgan fingerprint density at radius 2 is 1.70 bits per heavy atom. The van der Waals surface area contributed by atoms with Crippen LogP contribution in [-0.4, -0.2) is 55.4 Å². The molecule has 2 aromatic rings. The van der Waals surface area contributed by atoms with Crippen LogP contribution >= 0.6 is 0 Å². The highest BCUT2D eigenvalue weighted by Gasteiger charge is 2.32. The first-order valence-corrected chi connectivity index (χ1v) is 9.82. The first kappa shape index (κ1) is 25.5. The lowest BCUT2D eigenvalue weighted by molar-refractivity contribution is 0.0563. The van der Waals surface area contributed by atoms with Gasteiger partial charge in [-0.2, -0.15) is 0 Å². The summed E-state index contributed by atoms with van der Waals surface area (Å²) in [4.78, 5) is 14.3. The van der Waals surface area contributed by atoms with Gasteiger partial charge in [0.15, 0.2) is 11.6 Å². The van der Waals surface area contributed by atoms with Crippen molar-refractivity contribution in [3.8, 4) is 0 Å².